The highest BCUT2D eigenvalue weighted by Gasteiger charge is 2.23. The number of likely N-dealkylation sites (tertiary alicyclic amines) is 1. The number of thiazole rings is 1. The van der Waals surface area contributed by atoms with Gasteiger partial charge in [0.05, 0.1) is 10.7 Å². The van der Waals surface area contributed by atoms with Gasteiger partial charge >= 0.3 is 0 Å². The standard InChI is InChI=1S/C18H23N3OS.2ClH/c1-13-20-17(12-23-13)15-4-3-5-16(10-15)18(22)21-8-6-14(7-9-21)11-19-2;;/h3-5,10,12,14,19H,6-9,11H2,1-2H3;2*1H. The second-order valence-corrected chi connectivity index (χ2v) is 7.19. The van der Waals surface area contributed by atoms with Crippen LogP contribution in [0, 0.1) is 12.8 Å². The predicted octanol–water partition coefficient (Wildman–Crippen LogP) is 4.03. The fourth-order valence-corrected chi connectivity index (χ4v) is 3.74. The predicted molar refractivity (Wildman–Crippen MR) is 109 cm³/mol. The summed E-state index contributed by atoms with van der Waals surface area (Å²) in [5, 5.41) is 6.32. The Bertz CT molecular complexity index is 684. The quantitative estimate of drug-likeness (QED) is 0.840. The summed E-state index contributed by atoms with van der Waals surface area (Å²) in [5.74, 6) is 0.829. The summed E-state index contributed by atoms with van der Waals surface area (Å²) in [6.07, 6.45) is 2.16. The van der Waals surface area contributed by atoms with Gasteiger partial charge < -0.3 is 10.2 Å². The molecule has 0 atom stereocenters. The lowest BCUT2D eigenvalue weighted by atomic mass is 9.96. The van der Waals surface area contributed by atoms with E-state index in [0.29, 0.717) is 5.92 Å². The van der Waals surface area contributed by atoms with E-state index in [1.807, 2.05) is 48.5 Å². The van der Waals surface area contributed by atoms with Crippen LogP contribution in [-0.4, -0.2) is 42.5 Å². The molecular formula is C18H25Cl2N3OS. The molecule has 0 saturated carbocycles. The van der Waals surface area contributed by atoms with Crippen molar-refractivity contribution in [3.05, 3.63) is 40.2 Å². The molecule has 2 heterocycles. The van der Waals surface area contributed by atoms with Crippen molar-refractivity contribution in [1.29, 1.82) is 0 Å². The summed E-state index contributed by atoms with van der Waals surface area (Å²) >= 11 is 1.63. The number of nitrogens with one attached hydrogen (secondary N) is 1. The van der Waals surface area contributed by atoms with E-state index in [4.69, 9.17) is 0 Å². The largest absolute Gasteiger partial charge is 0.339 e. The van der Waals surface area contributed by atoms with Crippen molar-refractivity contribution in [2.45, 2.75) is 19.8 Å². The minimum atomic E-state index is 0. The molecule has 0 spiro atoms. The van der Waals surface area contributed by atoms with E-state index in [9.17, 15) is 4.79 Å². The number of carbonyl (C=O) groups excluding carboxylic acids is 1. The van der Waals surface area contributed by atoms with Crippen molar-refractivity contribution in [3.8, 4) is 11.3 Å². The van der Waals surface area contributed by atoms with E-state index in [1.165, 1.54) is 0 Å². The number of benzene rings is 1. The summed E-state index contributed by atoms with van der Waals surface area (Å²) in [6.45, 7) is 4.75. The first kappa shape index (κ1) is 21.9. The van der Waals surface area contributed by atoms with Crippen LogP contribution in [0.5, 0.6) is 0 Å². The topological polar surface area (TPSA) is 45.2 Å². The Balaban J connectivity index is 0.00000156. The van der Waals surface area contributed by atoms with Crippen LogP contribution in [0.4, 0.5) is 0 Å². The highest BCUT2D eigenvalue weighted by molar-refractivity contribution is 7.09. The molecule has 0 aliphatic carbocycles. The van der Waals surface area contributed by atoms with E-state index in [1.54, 1.807) is 11.3 Å². The first-order valence-electron chi connectivity index (χ1n) is 8.14. The monoisotopic (exact) mass is 401 g/mol. The molecule has 1 aliphatic heterocycles. The third-order valence-electron chi connectivity index (χ3n) is 4.42. The van der Waals surface area contributed by atoms with Crippen LogP contribution in [0.2, 0.25) is 0 Å². The molecule has 1 saturated heterocycles. The minimum absolute atomic E-state index is 0. The minimum Gasteiger partial charge on any atom is -0.339 e. The van der Waals surface area contributed by atoms with E-state index >= 15 is 0 Å². The van der Waals surface area contributed by atoms with Crippen LogP contribution < -0.4 is 5.32 Å². The van der Waals surface area contributed by atoms with Crippen LogP contribution in [0.15, 0.2) is 29.6 Å². The zero-order valence-electron chi connectivity index (χ0n) is 14.5. The molecule has 1 amide bonds. The zero-order valence-corrected chi connectivity index (χ0v) is 17.0. The lowest BCUT2D eigenvalue weighted by molar-refractivity contribution is 0.0691. The summed E-state index contributed by atoms with van der Waals surface area (Å²) < 4.78 is 0. The summed E-state index contributed by atoms with van der Waals surface area (Å²) in [6, 6.07) is 7.84. The molecule has 138 valence electrons. The van der Waals surface area contributed by atoms with Gasteiger partial charge in [0, 0.05) is 29.6 Å². The molecule has 7 heteroatoms. The fourth-order valence-electron chi connectivity index (χ4n) is 3.12. The molecular weight excluding hydrogens is 377 g/mol. The maximum atomic E-state index is 12.7. The van der Waals surface area contributed by atoms with Crippen molar-refractivity contribution in [2.24, 2.45) is 5.92 Å². The molecule has 4 nitrogen and oxygen atoms in total. The van der Waals surface area contributed by atoms with Gasteiger partial charge in [0.1, 0.15) is 0 Å². The number of halogens is 2. The van der Waals surface area contributed by atoms with Gasteiger partial charge in [-0.05, 0) is 51.4 Å². The van der Waals surface area contributed by atoms with Crippen LogP contribution in [0.3, 0.4) is 0 Å². The van der Waals surface area contributed by atoms with E-state index < -0.39 is 0 Å². The number of hydrogen-bond acceptors (Lipinski definition) is 4. The first-order chi connectivity index (χ1) is 11.2. The Hall–Kier alpha value is -1.14. The normalized spacial score (nSPS) is 14.6. The molecule has 1 aliphatic rings. The lowest BCUT2D eigenvalue weighted by Gasteiger charge is -2.32. The Labute approximate surface area is 165 Å². The van der Waals surface area contributed by atoms with Gasteiger partial charge in [-0.1, -0.05) is 12.1 Å². The van der Waals surface area contributed by atoms with E-state index in [0.717, 1.165) is 54.3 Å². The van der Waals surface area contributed by atoms with Crippen molar-refractivity contribution < 1.29 is 4.79 Å². The van der Waals surface area contributed by atoms with Crippen LogP contribution >= 0.6 is 36.2 Å². The van der Waals surface area contributed by atoms with Gasteiger partial charge in [-0.25, -0.2) is 4.98 Å². The van der Waals surface area contributed by atoms with Gasteiger partial charge in [-0.3, -0.25) is 4.79 Å². The van der Waals surface area contributed by atoms with Gasteiger partial charge in [-0.15, -0.1) is 36.2 Å². The molecule has 1 aromatic carbocycles. The van der Waals surface area contributed by atoms with Crippen molar-refractivity contribution in [3.63, 3.8) is 0 Å². The average Bonchev–Trinajstić information content (AvgIpc) is 3.02. The number of aryl methyl sites for hydroxylation is 1. The number of nitrogens with zero attached hydrogens (tertiary/aromatic N) is 2. The number of aromatic nitrogens is 1. The molecule has 25 heavy (non-hydrogen) atoms. The van der Waals surface area contributed by atoms with E-state index in [2.05, 4.69) is 10.3 Å². The molecule has 1 N–H and O–H groups in total. The SMILES string of the molecule is CNCC1CCN(C(=O)c2cccc(-c3csc(C)n3)c2)CC1.Cl.Cl. The fraction of sp³-hybridized carbons (Fsp3) is 0.444. The highest BCUT2D eigenvalue weighted by Crippen LogP contribution is 2.24. The summed E-state index contributed by atoms with van der Waals surface area (Å²) in [7, 11) is 1.99. The maximum Gasteiger partial charge on any atom is 0.253 e. The van der Waals surface area contributed by atoms with Crippen molar-refractivity contribution >= 4 is 42.1 Å². The summed E-state index contributed by atoms with van der Waals surface area (Å²) in [4.78, 5) is 19.2. The number of amides is 1. The number of hydrogen-bond donors (Lipinski definition) is 1. The lowest BCUT2D eigenvalue weighted by Crippen LogP contribution is -2.40. The van der Waals surface area contributed by atoms with E-state index in [-0.39, 0.29) is 30.7 Å². The Morgan fingerprint density at radius 2 is 2.04 bits per heavy atom. The van der Waals surface area contributed by atoms with Crippen LogP contribution in [0.25, 0.3) is 11.3 Å². The smallest absolute Gasteiger partial charge is 0.253 e. The van der Waals surface area contributed by atoms with Gasteiger partial charge in [0.25, 0.3) is 5.91 Å². The molecule has 0 radical (unpaired) electrons. The Kier molecular flexibility index (Phi) is 8.86. The molecule has 0 unspecified atom stereocenters. The Morgan fingerprint density at radius 3 is 2.64 bits per heavy atom. The third kappa shape index (κ3) is 5.42. The Morgan fingerprint density at radius 1 is 1.32 bits per heavy atom. The highest BCUT2D eigenvalue weighted by atomic mass is 35.5. The van der Waals surface area contributed by atoms with Gasteiger partial charge in [-0.2, -0.15) is 0 Å². The van der Waals surface area contributed by atoms with Gasteiger partial charge in [0.15, 0.2) is 0 Å². The van der Waals surface area contributed by atoms with Crippen molar-refractivity contribution in [2.75, 3.05) is 26.7 Å². The second kappa shape index (κ2) is 10.1. The average molecular weight is 402 g/mol. The van der Waals surface area contributed by atoms with Crippen molar-refractivity contribution in [1.82, 2.24) is 15.2 Å². The molecule has 2 aromatic rings. The first-order valence-corrected chi connectivity index (χ1v) is 9.02. The molecule has 1 fully saturated rings. The van der Waals surface area contributed by atoms with Crippen LogP contribution in [-0.2, 0) is 0 Å². The second-order valence-electron chi connectivity index (χ2n) is 6.13. The number of rotatable bonds is 4. The number of piperidine rings is 1. The zero-order chi connectivity index (χ0) is 16.2. The molecule has 3 rings (SSSR count). The van der Waals surface area contributed by atoms with Crippen LogP contribution in [0.1, 0.15) is 28.2 Å². The summed E-state index contributed by atoms with van der Waals surface area (Å²) in [5.41, 5.74) is 2.74. The molecule has 0 bridgehead atoms. The molecule has 1 aromatic heterocycles. The number of carbonyl (C=O) groups is 1. The third-order valence-corrected chi connectivity index (χ3v) is 5.19. The maximum absolute atomic E-state index is 12.7. The van der Waals surface area contributed by atoms with Gasteiger partial charge in [0.2, 0.25) is 0 Å².